The summed E-state index contributed by atoms with van der Waals surface area (Å²) in [5.41, 5.74) is -0.359. The fourth-order valence-corrected chi connectivity index (χ4v) is 1.11. The van der Waals surface area contributed by atoms with Gasteiger partial charge < -0.3 is 15.5 Å². The number of carbonyl (C=O) groups excluding carboxylic acids is 1. The highest BCUT2D eigenvalue weighted by molar-refractivity contribution is 5.96. The number of carboxylic acids is 1. The van der Waals surface area contributed by atoms with E-state index in [0.29, 0.717) is 6.07 Å². The average molecular weight is 245 g/mol. The Kier molecular flexibility index (Phi) is 4.11. The second-order valence-corrected chi connectivity index (χ2v) is 3.20. The van der Waals surface area contributed by atoms with Crippen LogP contribution in [0.4, 0.5) is 8.78 Å². The zero-order valence-electron chi connectivity index (χ0n) is 8.48. The standard InChI is InChI=1S/C10H9F2NO4/c11-6-1-5(2-7(12)3-6)9(15)13-8(4-14)10(16)17/h1-3,8,14H,4H2,(H,13,15)(H,16,17)/t8-/m0/s1. The monoisotopic (exact) mass is 245 g/mol. The zero-order chi connectivity index (χ0) is 13.0. The summed E-state index contributed by atoms with van der Waals surface area (Å²) < 4.78 is 25.6. The van der Waals surface area contributed by atoms with Crippen LogP contribution >= 0.6 is 0 Å². The molecule has 0 radical (unpaired) electrons. The third-order valence-corrected chi connectivity index (χ3v) is 1.91. The van der Waals surface area contributed by atoms with Crippen molar-refractivity contribution in [3.05, 3.63) is 35.4 Å². The van der Waals surface area contributed by atoms with Crippen LogP contribution in [-0.4, -0.2) is 34.7 Å². The second-order valence-electron chi connectivity index (χ2n) is 3.20. The molecular formula is C10H9F2NO4. The lowest BCUT2D eigenvalue weighted by Gasteiger charge is -2.11. The molecule has 0 saturated carbocycles. The molecule has 0 aromatic heterocycles. The Morgan fingerprint density at radius 1 is 1.24 bits per heavy atom. The molecule has 1 rings (SSSR count). The number of benzene rings is 1. The number of aliphatic hydroxyl groups is 1. The number of aliphatic carboxylic acids is 1. The van der Waals surface area contributed by atoms with E-state index in [1.165, 1.54) is 0 Å². The first kappa shape index (κ1) is 13.0. The van der Waals surface area contributed by atoms with Crippen LogP contribution in [0.2, 0.25) is 0 Å². The number of halogens is 2. The maximum absolute atomic E-state index is 12.8. The van der Waals surface area contributed by atoms with E-state index in [1.54, 1.807) is 0 Å². The molecule has 0 spiro atoms. The van der Waals surface area contributed by atoms with Crippen molar-refractivity contribution >= 4 is 11.9 Å². The number of aliphatic hydroxyl groups excluding tert-OH is 1. The van der Waals surface area contributed by atoms with Crippen LogP contribution < -0.4 is 5.32 Å². The smallest absolute Gasteiger partial charge is 0.328 e. The number of hydrogen-bond donors (Lipinski definition) is 3. The number of carboxylic acid groups (broad SMARTS) is 1. The van der Waals surface area contributed by atoms with Crippen molar-refractivity contribution in [3.63, 3.8) is 0 Å². The summed E-state index contributed by atoms with van der Waals surface area (Å²) in [6, 6.07) is 0.579. The molecule has 0 aliphatic heterocycles. The maximum atomic E-state index is 12.8. The molecule has 1 aromatic rings. The average Bonchev–Trinajstić information content (AvgIpc) is 2.23. The van der Waals surface area contributed by atoms with Crippen LogP contribution in [0.25, 0.3) is 0 Å². The first-order chi connectivity index (χ1) is 7.93. The van der Waals surface area contributed by atoms with Crippen molar-refractivity contribution < 1.29 is 28.6 Å². The minimum Gasteiger partial charge on any atom is -0.480 e. The van der Waals surface area contributed by atoms with Crippen molar-refractivity contribution in [2.45, 2.75) is 6.04 Å². The fraction of sp³-hybridized carbons (Fsp3) is 0.200. The molecule has 1 atom stereocenters. The summed E-state index contributed by atoms with van der Waals surface area (Å²) in [7, 11) is 0. The van der Waals surface area contributed by atoms with E-state index in [0.717, 1.165) is 12.1 Å². The molecule has 7 heteroatoms. The summed E-state index contributed by atoms with van der Waals surface area (Å²) >= 11 is 0. The quantitative estimate of drug-likeness (QED) is 0.704. The second kappa shape index (κ2) is 5.35. The third kappa shape index (κ3) is 3.49. The van der Waals surface area contributed by atoms with Gasteiger partial charge in [0, 0.05) is 11.6 Å². The molecule has 5 nitrogen and oxygen atoms in total. The van der Waals surface area contributed by atoms with E-state index in [1.807, 2.05) is 5.32 Å². The Morgan fingerprint density at radius 3 is 2.18 bits per heavy atom. The van der Waals surface area contributed by atoms with Gasteiger partial charge in [-0.05, 0) is 12.1 Å². The Labute approximate surface area is 94.7 Å². The minimum absolute atomic E-state index is 0.359. The lowest BCUT2D eigenvalue weighted by atomic mass is 10.2. The minimum atomic E-state index is -1.52. The number of rotatable bonds is 4. The van der Waals surface area contributed by atoms with Crippen molar-refractivity contribution in [1.82, 2.24) is 5.32 Å². The summed E-state index contributed by atoms with van der Waals surface area (Å²) in [5.74, 6) is -4.33. The Bertz CT molecular complexity index is 430. The van der Waals surface area contributed by atoms with Gasteiger partial charge in [0.15, 0.2) is 6.04 Å². The van der Waals surface area contributed by atoms with Crippen LogP contribution in [0, 0.1) is 11.6 Å². The van der Waals surface area contributed by atoms with E-state index in [9.17, 15) is 18.4 Å². The molecule has 0 fully saturated rings. The fourth-order valence-electron chi connectivity index (χ4n) is 1.11. The predicted octanol–water partition coefficient (Wildman–Crippen LogP) is 0.140. The van der Waals surface area contributed by atoms with Gasteiger partial charge in [-0.3, -0.25) is 4.79 Å². The van der Waals surface area contributed by atoms with Gasteiger partial charge in [-0.15, -0.1) is 0 Å². The molecular weight excluding hydrogens is 236 g/mol. The van der Waals surface area contributed by atoms with Gasteiger partial charge in [0.25, 0.3) is 5.91 Å². The maximum Gasteiger partial charge on any atom is 0.328 e. The summed E-state index contributed by atoms with van der Waals surface area (Å²) in [6.45, 7) is -0.821. The van der Waals surface area contributed by atoms with Gasteiger partial charge in [-0.1, -0.05) is 0 Å². The number of nitrogens with one attached hydrogen (secondary N) is 1. The third-order valence-electron chi connectivity index (χ3n) is 1.91. The highest BCUT2D eigenvalue weighted by Crippen LogP contribution is 2.08. The van der Waals surface area contributed by atoms with Crippen LogP contribution in [0.3, 0.4) is 0 Å². The topological polar surface area (TPSA) is 86.6 Å². The molecule has 17 heavy (non-hydrogen) atoms. The Balaban J connectivity index is 2.86. The first-order valence-electron chi connectivity index (χ1n) is 4.54. The normalized spacial score (nSPS) is 11.9. The van der Waals surface area contributed by atoms with E-state index < -0.39 is 36.2 Å². The zero-order valence-corrected chi connectivity index (χ0v) is 8.48. The molecule has 1 amide bonds. The highest BCUT2D eigenvalue weighted by atomic mass is 19.1. The predicted molar refractivity (Wildman–Crippen MR) is 52.3 cm³/mol. The van der Waals surface area contributed by atoms with E-state index in [4.69, 9.17) is 10.2 Å². The SMILES string of the molecule is O=C(N[C@@H](CO)C(=O)O)c1cc(F)cc(F)c1. The van der Waals surface area contributed by atoms with Crippen LogP contribution in [0.5, 0.6) is 0 Å². The Hall–Kier alpha value is -2.02. The number of amides is 1. The molecule has 0 saturated heterocycles. The highest BCUT2D eigenvalue weighted by Gasteiger charge is 2.20. The van der Waals surface area contributed by atoms with E-state index in [2.05, 4.69) is 0 Å². The lowest BCUT2D eigenvalue weighted by Crippen LogP contribution is -2.43. The molecule has 0 aliphatic rings. The van der Waals surface area contributed by atoms with Gasteiger partial charge >= 0.3 is 5.97 Å². The van der Waals surface area contributed by atoms with Gasteiger partial charge in [-0.2, -0.15) is 0 Å². The van der Waals surface area contributed by atoms with Crippen LogP contribution in [0.1, 0.15) is 10.4 Å². The summed E-state index contributed by atoms with van der Waals surface area (Å²) in [4.78, 5) is 21.9. The molecule has 0 unspecified atom stereocenters. The van der Waals surface area contributed by atoms with Gasteiger partial charge in [0.2, 0.25) is 0 Å². The van der Waals surface area contributed by atoms with Crippen molar-refractivity contribution in [3.8, 4) is 0 Å². The molecule has 92 valence electrons. The van der Waals surface area contributed by atoms with Crippen molar-refractivity contribution in [2.24, 2.45) is 0 Å². The Morgan fingerprint density at radius 2 is 1.76 bits per heavy atom. The van der Waals surface area contributed by atoms with Gasteiger partial charge in [0.05, 0.1) is 6.61 Å². The number of hydrogen-bond acceptors (Lipinski definition) is 3. The van der Waals surface area contributed by atoms with Crippen LogP contribution in [0.15, 0.2) is 18.2 Å². The lowest BCUT2D eigenvalue weighted by molar-refractivity contribution is -0.140. The summed E-state index contributed by atoms with van der Waals surface area (Å²) in [6.07, 6.45) is 0. The number of carbonyl (C=O) groups is 2. The first-order valence-corrected chi connectivity index (χ1v) is 4.54. The van der Waals surface area contributed by atoms with Crippen molar-refractivity contribution in [2.75, 3.05) is 6.61 Å². The van der Waals surface area contributed by atoms with Crippen LogP contribution in [-0.2, 0) is 4.79 Å². The van der Waals surface area contributed by atoms with E-state index in [-0.39, 0.29) is 5.56 Å². The van der Waals surface area contributed by atoms with Crippen molar-refractivity contribution in [1.29, 1.82) is 0 Å². The summed E-state index contributed by atoms with van der Waals surface area (Å²) in [5, 5.41) is 19.1. The largest absolute Gasteiger partial charge is 0.480 e. The van der Waals surface area contributed by atoms with E-state index >= 15 is 0 Å². The van der Waals surface area contributed by atoms with Gasteiger partial charge in [-0.25, -0.2) is 13.6 Å². The molecule has 0 aliphatic carbocycles. The molecule has 1 aromatic carbocycles. The molecule has 0 bridgehead atoms. The molecule has 0 heterocycles. The van der Waals surface area contributed by atoms with Gasteiger partial charge in [0.1, 0.15) is 11.6 Å². The molecule has 3 N–H and O–H groups in total.